The van der Waals surface area contributed by atoms with Crippen LogP contribution in [0.4, 0.5) is 0 Å². The minimum atomic E-state index is -0.0889. The molecule has 0 amide bonds. The zero-order valence-electron chi connectivity index (χ0n) is 11.8. The van der Waals surface area contributed by atoms with E-state index in [1.165, 1.54) is 0 Å². The first-order valence-electron chi connectivity index (χ1n) is 6.95. The van der Waals surface area contributed by atoms with Crippen molar-refractivity contribution in [1.82, 2.24) is 4.98 Å². The summed E-state index contributed by atoms with van der Waals surface area (Å²) in [5.41, 5.74) is 4.62. The van der Waals surface area contributed by atoms with Crippen LogP contribution in [0, 0.1) is 6.92 Å². The SMILES string of the molecule is Cc1c(-c2cccc(Br)c2)c2oc3ccccc3c2[nH]c1=O. The molecule has 0 saturated heterocycles. The highest BCUT2D eigenvalue weighted by Gasteiger charge is 2.17. The van der Waals surface area contributed by atoms with E-state index in [1.807, 2.05) is 55.5 Å². The maximum atomic E-state index is 12.3. The van der Waals surface area contributed by atoms with Gasteiger partial charge in [-0.2, -0.15) is 0 Å². The molecule has 2 aromatic carbocycles. The molecule has 1 N–H and O–H groups in total. The van der Waals surface area contributed by atoms with Gasteiger partial charge in [0.2, 0.25) is 0 Å². The monoisotopic (exact) mass is 353 g/mol. The zero-order valence-corrected chi connectivity index (χ0v) is 13.4. The van der Waals surface area contributed by atoms with Gasteiger partial charge in [0.1, 0.15) is 5.58 Å². The van der Waals surface area contributed by atoms with Crippen molar-refractivity contribution in [2.45, 2.75) is 6.92 Å². The van der Waals surface area contributed by atoms with Gasteiger partial charge in [0.05, 0.1) is 5.52 Å². The molecule has 22 heavy (non-hydrogen) atoms. The summed E-state index contributed by atoms with van der Waals surface area (Å²) in [6.45, 7) is 1.82. The van der Waals surface area contributed by atoms with Gasteiger partial charge in [-0.05, 0) is 36.8 Å². The first kappa shape index (κ1) is 13.3. The smallest absolute Gasteiger partial charge is 0.252 e. The van der Waals surface area contributed by atoms with Gasteiger partial charge in [0.15, 0.2) is 5.58 Å². The minimum absolute atomic E-state index is 0.0889. The van der Waals surface area contributed by atoms with Crippen LogP contribution < -0.4 is 5.56 Å². The molecule has 0 aliphatic carbocycles. The summed E-state index contributed by atoms with van der Waals surface area (Å²) in [6, 6.07) is 15.6. The van der Waals surface area contributed by atoms with Crippen LogP contribution in [0.1, 0.15) is 5.56 Å². The Labute approximate surface area is 134 Å². The van der Waals surface area contributed by atoms with Crippen molar-refractivity contribution in [3.8, 4) is 11.1 Å². The molecule has 108 valence electrons. The van der Waals surface area contributed by atoms with E-state index < -0.39 is 0 Å². The predicted molar refractivity (Wildman–Crippen MR) is 92.2 cm³/mol. The van der Waals surface area contributed by atoms with Gasteiger partial charge in [-0.25, -0.2) is 0 Å². The zero-order chi connectivity index (χ0) is 15.3. The fourth-order valence-corrected chi connectivity index (χ4v) is 3.23. The minimum Gasteiger partial charge on any atom is -0.454 e. The highest BCUT2D eigenvalue weighted by molar-refractivity contribution is 9.10. The second-order valence-electron chi connectivity index (χ2n) is 5.27. The summed E-state index contributed by atoms with van der Waals surface area (Å²) in [5, 5.41) is 0.922. The van der Waals surface area contributed by atoms with E-state index in [0.29, 0.717) is 5.56 Å². The summed E-state index contributed by atoms with van der Waals surface area (Å²) in [6.07, 6.45) is 0. The second kappa shape index (κ2) is 4.85. The molecule has 0 aliphatic rings. The number of fused-ring (bicyclic) bond motifs is 3. The van der Waals surface area contributed by atoms with Crippen molar-refractivity contribution in [1.29, 1.82) is 0 Å². The summed E-state index contributed by atoms with van der Waals surface area (Å²) in [4.78, 5) is 15.3. The van der Waals surface area contributed by atoms with E-state index in [4.69, 9.17) is 4.42 Å². The Hall–Kier alpha value is -2.33. The number of pyridine rings is 1. The van der Waals surface area contributed by atoms with Crippen molar-refractivity contribution < 1.29 is 4.42 Å². The third-order valence-electron chi connectivity index (χ3n) is 3.89. The first-order valence-corrected chi connectivity index (χ1v) is 7.74. The number of benzene rings is 2. The molecule has 0 atom stereocenters. The standard InChI is InChI=1S/C18H12BrNO2/c1-10-15(11-5-4-6-12(19)9-11)17-16(20-18(10)21)13-7-2-3-8-14(13)22-17/h2-9H,1H3,(H,20,21). The van der Waals surface area contributed by atoms with E-state index in [0.717, 1.165) is 37.7 Å². The van der Waals surface area contributed by atoms with E-state index in [-0.39, 0.29) is 5.56 Å². The van der Waals surface area contributed by atoms with Crippen molar-refractivity contribution in [2.75, 3.05) is 0 Å². The lowest BCUT2D eigenvalue weighted by Crippen LogP contribution is -2.10. The number of rotatable bonds is 1. The van der Waals surface area contributed by atoms with Crippen molar-refractivity contribution in [3.63, 3.8) is 0 Å². The number of hydrogen-bond donors (Lipinski definition) is 1. The predicted octanol–water partition coefficient (Wildman–Crippen LogP) is 5.01. The molecule has 4 aromatic rings. The van der Waals surface area contributed by atoms with Crippen molar-refractivity contribution in [2.24, 2.45) is 0 Å². The summed E-state index contributed by atoms with van der Waals surface area (Å²) >= 11 is 3.48. The Bertz CT molecular complexity index is 1080. The average molecular weight is 354 g/mol. The molecule has 0 fully saturated rings. The molecule has 3 nitrogen and oxygen atoms in total. The number of halogens is 1. The van der Waals surface area contributed by atoms with Gasteiger partial charge in [-0.3, -0.25) is 4.79 Å². The van der Waals surface area contributed by atoms with Crippen LogP contribution in [0.5, 0.6) is 0 Å². The largest absolute Gasteiger partial charge is 0.454 e. The molecular formula is C18H12BrNO2. The number of nitrogens with one attached hydrogen (secondary N) is 1. The highest BCUT2D eigenvalue weighted by Crippen LogP contribution is 2.35. The molecule has 4 heteroatoms. The van der Waals surface area contributed by atoms with Crippen LogP contribution in [0.3, 0.4) is 0 Å². The maximum Gasteiger partial charge on any atom is 0.252 e. The summed E-state index contributed by atoms with van der Waals surface area (Å²) in [7, 11) is 0. The van der Waals surface area contributed by atoms with Gasteiger partial charge in [0.25, 0.3) is 5.56 Å². The van der Waals surface area contributed by atoms with Crippen molar-refractivity contribution in [3.05, 3.63) is 68.9 Å². The van der Waals surface area contributed by atoms with Gasteiger partial charge in [0, 0.05) is 21.0 Å². The highest BCUT2D eigenvalue weighted by atomic mass is 79.9. The Balaban J connectivity index is 2.21. The van der Waals surface area contributed by atoms with Crippen LogP contribution in [0.15, 0.2) is 62.2 Å². The lowest BCUT2D eigenvalue weighted by Gasteiger charge is -2.06. The van der Waals surface area contributed by atoms with E-state index in [1.54, 1.807) is 0 Å². The number of para-hydroxylation sites is 1. The van der Waals surface area contributed by atoms with Gasteiger partial charge in [-0.15, -0.1) is 0 Å². The van der Waals surface area contributed by atoms with Crippen molar-refractivity contribution >= 4 is 38.0 Å². The normalized spacial score (nSPS) is 11.4. The molecular weight excluding hydrogens is 342 g/mol. The maximum absolute atomic E-state index is 12.3. The van der Waals surface area contributed by atoms with Crippen LogP contribution in [0.25, 0.3) is 33.2 Å². The topological polar surface area (TPSA) is 46.0 Å². The third-order valence-corrected chi connectivity index (χ3v) is 4.38. The fraction of sp³-hybridized carbons (Fsp3) is 0.0556. The average Bonchev–Trinajstić information content (AvgIpc) is 2.86. The Morgan fingerprint density at radius 2 is 1.91 bits per heavy atom. The van der Waals surface area contributed by atoms with Gasteiger partial charge < -0.3 is 9.40 Å². The van der Waals surface area contributed by atoms with Crippen LogP contribution in [-0.4, -0.2) is 4.98 Å². The number of aromatic nitrogens is 1. The molecule has 2 aromatic heterocycles. The molecule has 0 bridgehead atoms. The lowest BCUT2D eigenvalue weighted by molar-refractivity contribution is 0.668. The molecule has 0 radical (unpaired) electrons. The number of H-pyrrole nitrogens is 1. The summed E-state index contributed by atoms with van der Waals surface area (Å²) in [5.74, 6) is 0. The molecule has 0 spiro atoms. The van der Waals surface area contributed by atoms with E-state index in [2.05, 4.69) is 20.9 Å². The Kier molecular flexibility index (Phi) is 2.94. The Morgan fingerprint density at radius 1 is 1.09 bits per heavy atom. The molecule has 4 rings (SSSR count). The van der Waals surface area contributed by atoms with Crippen LogP contribution in [0.2, 0.25) is 0 Å². The lowest BCUT2D eigenvalue weighted by atomic mass is 10.0. The van der Waals surface area contributed by atoms with Gasteiger partial charge in [-0.1, -0.05) is 40.2 Å². The number of aromatic amines is 1. The summed E-state index contributed by atoms with van der Waals surface area (Å²) < 4.78 is 6.99. The first-order chi connectivity index (χ1) is 10.6. The fourth-order valence-electron chi connectivity index (χ4n) is 2.83. The van der Waals surface area contributed by atoms with E-state index in [9.17, 15) is 4.79 Å². The molecule has 0 saturated carbocycles. The molecule has 0 aliphatic heterocycles. The van der Waals surface area contributed by atoms with E-state index >= 15 is 0 Å². The third kappa shape index (κ3) is 1.91. The van der Waals surface area contributed by atoms with Gasteiger partial charge >= 0.3 is 0 Å². The molecule has 2 heterocycles. The quantitative estimate of drug-likeness (QED) is 0.522. The van der Waals surface area contributed by atoms with Crippen LogP contribution in [-0.2, 0) is 0 Å². The second-order valence-corrected chi connectivity index (χ2v) is 6.18. The molecule has 0 unspecified atom stereocenters. The number of hydrogen-bond acceptors (Lipinski definition) is 2. The Morgan fingerprint density at radius 3 is 2.73 bits per heavy atom. The van der Waals surface area contributed by atoms with Crippen LogP contribution >= 0.6 is 15.9 Å². The number of furan rings is 1.